The molecule has 0 bridgehead atoms. The van der Waals surface area contributed by atoms with E-state index < -0.39 is 0 Å². The van der Waals surface area contributed by atoms with Crippen LogP contribution in [-0.4, -0.2) is 12.6 Å². The molecule has 1 heterocycles. The van der Waals surface area contributed by atoms with Crippen LogP contribution in [-0.2, 0) is 4.74 Å². The number of benzene rings is 1. The van der Waals surface area contributed by atoms with Gasteiger partial charge in [-0.3, -0.25) is 0 Å². The van der Waals surface area contributed by atoms with Crippen molar-refractivity contribution in [1.82, 2.24) is 0 Å². The van der Waals surface area contributed by atoms with E-state index in [1.165, 1.54) is 11.1 Å². The molecule has 76 valence electrons. The molecule has 2 atom stereocenters. The first-order chi connectivity index (χ1) is 6.77. The van der Waals surface area contributed by atoms with E-state index >= 15 is 0 Å². The van der Waals surface area contributed by atoms with Gasteiger partial charge in [-0.2, -0.15) is 0 Å². The normalized spacial score (nSPS) is 27.6. The summed E-state index contributed by atoms with van der Waals surface area (Å²) in [6, 6.07) is 8.61. The van der Waals surface area contributed by atoms with Gasteiger partial charge in [0.2, 0.25) is 0 Å². The molecule has 2 heteroatoms. The molecule has 14 heavy (non-hydrogen) atoms. The maximum Gasteiger partial charge on any atom is 0.0975 e. The van der Waals surface area contributed by atoms with Gasteiger partial charge in [-0.15, -0.1) is 0 Å². The summed E-state index contributed by atoms with van der Waals surface area (Å²) in [4.78, 5) is 0. The van der Waals surface area contributed by atoms with Crippen LogP contribution in [0.2, 0.25) is 0 Å². The fourth-order valence-corrected chi connectivity index (χ4v) is 1.90. The Kier molecular flexibility index (Phi) is 2.85. The van der Waals surface area contributed by atoms with Crippen LogP contribution in [0.1, 0.15) is 30.1 Å². The van der Waals surface area contributed by atoms with Gasteiger partial charge in [0.15, 0.2) is 0 Å². The predicted molar refractivity (Wildman–Crippen MR) is 57.1 cm³/mol. The van der Waals surface area contributed by atoms with Crippen molar-refractivity contribution < 1.29 is 4.74 Å². The van der Waals surface area contributed by atoms with Crippen molar-refractivity contribution in [3.05, 3.63) is 35.4 Å². The lowest BCUT2D eigenvalue weighted by atomic mass is 9.96. The Morgan fingerprint density at radius 2 is 2.00 bits per heavy atom. The Hall–Kier alpha value is -0.860. The van der Waals surface area contributed by atoms with Crippen molar-refractivity contribution in [3.8, 4) is 0 Å². The van der Waals surface area contributed by atoms with Gasteiger partial charge in [-0.1, -0.05) is 29.8 Å². The molecule has 0 amide bonds. The third kappa shape index (κ3) is 1.97. The molecular formula is C12H17NO. The van der Waals surface area contributed by atoms with E-state index in [-0.39, 0.29) is 12.1 Å². The van der Waals surface area contributed by atoms with Crippen molar-refractivity contribution in [1.29, 1.82) is 0 Å². The van der Waals surface area contributed by atoms with Crippen LogP contribution in [0.15, 0.2) is 24.3 Å². The van der Waals surface area contributed by atoms with Crippen LogP contribution < -0.4 is 5.73 Å². The van der Waals surface area contributed by atoms with Gasteiger partial charge < -0.3 is 10.5 Å². The van der Waals surface area contributed by atoms with Crippen molar-refractivity contribution >= 4 is 0 Å². The van der Waals surface area contributed by atoms with Crippen LogP contribution >= 0.6 is 0 Å². The topological polar surface area (TPSA) is 35.2 Å². The number of nitrogens with two attached hydrogens (primary N) is 1. The van der Waals surface area contributed by atoms with E-state index in [1.807, 2.05) is 0 Å². The highest BCUT2D eigenvalue weighted by Gasteiger charge is 2.23. The molecule has 0 unspecified atom stereocenters. The van der Waals surface area contributed by atoms with Gasteiger partial charge in [0.1, 0.15) is 0 Å². The Labute approximate surface area is 85.1 Å². The number of hydrogen-bond donors (Lipinski definition) is 1. The number of rotatable bonds is 1. The maximum absolute atomic E-state index is 6.02. The third-order valence-corrected chi connectivity index (χ3v) is 2.77. The van der Waals surface area contributed by atoms with Crippen LogP contribution in [0.25, 0.3) is 0 Å². The highest BCUT2D eigenvalue weighted by Crippen LogP contribution is 2.26. The molecule has 2 rings (SSSR count). The Balaban J connectivity index is 2.16. The molecule has 0 aliphatic carbocycles. The van der Waals surface area contributed by atoms with Crippen molar-refractivity contribution in [2.45, 2.75) is 31.9 Å². The standard InChI is InChI=1S/C12H17NO/c1-9-4-6-10(7-5-9)12-11(13)3-2-8-14-12/h4-7,11-12H,2-3,8,13H2,1H3/t11-,12+/m0/s1. The van der Waals surface area contributed by atoms with Gasteiger partial charge in [-0.05, 0) is 25.3 Å². The highest BCUT2D eigenvalue weighted by atomic mass is 16.5. The fraction of sp³-hybridized carbons (Fsp3) is 0.500. The molecule has 2 N–H and O–H groups in total. The van der Waals surface area contributed by atoms with E-state index in [4.69, 9.17) is 10.5 Å². The van der Waals surface area contributed by atoms with Gasteiger partial charge in [-0.25, -0.2) is 0 Å². The highest BCUT2D eigenvalue weighted by molar-refractivity contribution is 5.24. The van der Waals surface area contributed by atoms with E-state index in [1.54, 1.807) is 0 Å². The van der Waals surface area contributed by atoms with Crippen molar-refractivity contribution in [2.24, 2.45) is 5.73 Å². The van der Waals surface area contributed by atoms with Crippen LogP contribution in [0, 0.1) is 6.92 Å². The lowest BCUT2D eigenvalue weighted by molar-refractivity contribution is 0.000142. The lowest BCUT2D eigenvalue weighted by Crippen LogP contribution is -2.34. The Bertz CT molecular complexity index is 294. The summed E-state index contributed by atoms with van der Waals surface area (Å²) >= 11 is 0. The molecule has 1 saturated heterocycles. The number of aryl methyl sites for hydroxylation is 1. The summed E-state index contributed by atoms with van der Waals surface area (Å²) in [5, 5.41) is 0. The van der Waals surface area contributed by atoms with Gasteiger partial charge in [0, 0.05) is 12.6 Å². The van der Waals surface area contributed by atoms with Crippen LogP contribution in [0.3, 0.4) is 0 Å². The zero-order valence-corrected chi connectivity index (χ0v) is 8.57. The molecule has 0 saturated carbocycles. The molecular weight excluding hydrogens is 174 g/mol. The van der Waals surface area contributed by atoms with E-state index in [0.29, 0.717) is 0 Å². The Morgan fingerprint density at radius 1 is 1.29 bits per heavy atom. The molecule has 1 aromatic rings. The first kappa shape index (κ1) is 9.69. The van der Waals surface area contributed by atoms with Crippen molar-refractivity contribution in [2.75, 3.05) is 6.61 Å². The molecule has 0 spiro atoms. The zero-order valence-electron chi connectivity index (χ0n) is 8.57. The molecule has 1 aliphatic rings. The van der Waals surface area contributed by atoms with E-state index in [9.17, 15) is 0 Å². The zero-order chi connectivity index (χ0) is 9.97. The summed E-state index contributed by atoms with van der Waals surface area (Å²) in [7, 11) is 0. The average molecular weight is 191 g/mol. The average Bonchev–Trinajstić information content (AvgIpc) is 2.20. The summed E-state index contributed by atoms with van der Waals surface area (Å²) in [5.41, 5.74) is 8.51. The second-order valence-electron chi connectivity index (χ2n) is 4.01. The summed E-state index contributed by atoms with van der Waals surface area (Å²) in [6.45, 7) is 2.93. The minimum atomic E-state index is 0.101. The smallest absolute Gasteiger partial charge is 0.0975 e. The van der Waals surface area contributed by atoms with Crippen molar-refractivity contribution in [3.63, 3.8) is 0 Å². The predicted octanol–water partition coefficient (Wildman–Crippen LogP) is 2.17. The first-order valence-electron chi connectivity index (χ1n) is 5.21. The molecule has 0 radical (unpaired) electrons. The third-order valence-electron chi connectivity index (χ3n) is 2.77. The van der Waals surface area contributed by atoms with Gasteiger partial charge >= 0.3 is 0 Å². The number of ether oxygens (including phenoxy) is 1. The lowest BCUT2D eigenvalue weighted by Gasteiger charge is -2.29. The molecule has 1 fully saturated rings. The molecule has 1 aliphatic heterocycles. The largest absolute Gasteiger partial charge is 0.372 e. The monoisotopic (exact) mass is 191 g/mol. The minimum absolute atomic E-state index is 0.101. The summed E-state index contributed by atoms with van der Waals surface area (Å²) < 4.78 is 5.69. The van der Waals surface area contributed by atoms with E-state index in [2.05, 4.69) is 31.2 Å². The molecule has 1 aromatic carbocycles. The summed E-state index contributed by atoms with van der Waals surface area (Å²) in [5.74, 6) is 0. The van der Waals surface area contributed by atoms with Gasteiger partial charge in [0.05, 0.1) is 6.10 Å². The fourth-order valence-electron chi connectivity index (χ4n) is 1.90. The quantitative estimate of drug-likeness (QED) is 0.738. The second-order valence-corrected chi connectivity index (χ2v) is 4.01. The SMILES string of the molecule is Cc1ccc([C@H]2OCCC[C@@H]2N)cc1. The molecule has 0 aromatic heterocycles. The van der Waals surface area contributed by atoms with Gasteiger partial charge in [0.25, 0.3) is 0 Å². The van der Waals surface area contributed by atoms with E-state index in [0.717, 1.165) is 19.4 Å². The van der Waals surface area contributed by atoms with Crippen LogP contribution in [0.5, 0.6) is 0 Å². The maximum atomic E-state index is 6.02. The summed E-state index contributed by atoms with van der Waals surface area (Å²) in [6.07, 6.45) is 2.26. The first-order valence-corrected chi connectivity index (χ1v) is 5.21. The minimum Gasteiger partial charge on any atom is -0.372 e. The molecule has 2 nitrogen and oxygen atoms in total. The Morgan fingerprint density at radius 3 is 2.64 bits per heavy atom. The second kappa shape index (κ2) is 4.11. The number of hydrogen-bond acceptors (Lipinski definition) is 2. The van der Waals surface area contributed by atoms with Crippen LogP contribution in [0.4, 0.5) is 0 Å².